The normalized spacial score (nSPS) is 47.2. The number of unbranched alkanes of at least 4 members (excludes halogenated alkanes) is 1. The first-order valence-electron chi connectivity index (χ1n) is 8.48. The summed E-state index contributed by atoms with van der Waals surface area (Å²) in [5.41, 5.74) is 1.57. The van der Waals surface area contributed by atoms with Crippen molar-refractivity contribution in [1.82, 2.24) is 0 Å². The number of terminal acetylenes is 1. The molecular formula is C19H30O. The van der Waals surface area contributed by atoms with Crippen LogP contribution < -0.4 is 0 Å². The molecule has 0 aromatic carbocycles. The van der Waals surface area contributed by atoms with Crippen molar-refractivity contribution < 1.29 is 5.11 Å². The second kappa shape index (κ2) is 4.77. The highest BCUT2D eigenvalue weighted by atomic mass is 16.3. The minimum Gasteiger partial charge on any atom is -0.393 e. The molecule has 112 valence electrons. The van der Waals surface area contributed by atoms with Crippen molar-refractivity contribution in [2.24, 2.45) is 22.2 Å². The summed E-state index contributed by atoms with van der Waals surface area (Å²) < 4.78 is 0. The molecule has 4 bridgehead atoms. The molecule has 0 amide bonds. The topological polar surface area (TPSA) is 20.2 Å². The Bertz CT molecular complexity index is 400. The van der Waals surface area contributed by atoms with Crippen LogP contribution >= 0.6 is 0 Å². The fraction of sp³-hybridized carbons (Fsp3) is 0.895. The Morgan fingerprint density at radius 2 is 1.80 bits per heavy atom. The Morgan fingerprint density at radius 3 is 2.35 bits per heavy atom. The summed E-state index contributed by atoms with van der Waals surface area (Å²) >= 11 is 0. The lowest BCUT2D eigenvalue weighted by Gasteiger charge is -2.66. The van der Waals surface area contributed by atoms with Crippen LogP contribution in [0.25, 0.3) is 0 Å². The van der Waals surface area contributed by atoms with E-state index in [1.54, 1.807) is 0 Å². The Labute approximate surface area is 124 Å². The monoisotopic (exact) mass is 274 g/mol. The van der Waals surface area contributed by atoms with Crippen LogP contribution in [0.4, 0.5) is 0 Å². The lowest BCUT2D eigenvalue weighted by atomic mass is 9.39. The van der Waals surface area contributed by atoms with E-state index >= 15 is 0 Å². The molecule has 20 heavy (non-hydrogen) atoms. The molecule has 0 aliphatic heterocycles. The molecule has 4 rings (SSSR count). The number of aliphatic hydroxyl groups is 1. The molecule has 4 aliphatic carbocycles. The van der Waals surface area contributed by atoms with Gasteiger partial charge in [-0.1, -0.05) is 13.8 Å². The third-order valence-corrected chi connectivity index (χ3v) is 6.27. The standard InChI is InChI=1S/C19H30O/c1-4-5-6-7-16(20)11-19-10-15-8-17(2,13-19)12-18(3,9-15)14-19/h1,15-16,20H,5-14H2,2-3H3. The zero-order valence-electron chi connectivity index (χ0n) is 13.3. The fourth-order valence-electron chi connectivity index (χ4n) is 6.95. The minimum absolute atomic E-state index is 0.133. The van der Waals surface area contributed by atoms with Gasteiger partial charge in [-0.15, -0.1) is 12.3 Å². The van der Waals surface area contributed by atoms with E-state index in [-0.39, 0.29) is 6.10 Å². The Morgan fingerprint density at radius 1 is 1.15 bits per heavy atom. The van der Waals surface area contributed by atoms with Gasteiger partial charge < -0.3 is 5.11 Å². The molecule has 3 unspecified atom stereocenters. The molecule has 0 saturated heterocycles. The van der Waals surface area contributed by atoms with Gasteiger partial charge in [0.15, 0.2) is 0 Å². The van der Waals surface area contributed by atoms with Crippen molar-refractivity contribution >= 4 is 0 Å². The van der Waals surface area contributed by atoms with Crippen LogP contribution in [0.3, 0.4) is 0 Å². The quantitative estimate of drug-likeness (QED) is 0.576. The maximum atomic E-state index is 10.4. The van der Waals surface area contributed by atoms with Crippen molar-refractivity contribution in [2.75, 3.05) is 0 Å². The third kappa shape index (κ3) is 2.64. The highest BCUT2D eigenvalue weighted by Gasteiger charge is 2.59. The van der Waals surface area contributed by atoms with E-state index < -0.39 is 0 Å². The number of hydrogen-bond acceptors (Lipinski definition) is 1. The van der Waals surface area contributed by atoms with E-state index in [2.05, 4.69) is 19.8 Å². The lowest BCUT2D eigenvalue weighted by molar-refractivity contribution is -0.156. The van der Waals surface area contributed by atoms with Gasteiger partial charge in [-0.05, 0) is 80.0 Å². The molecule has 4 fully saturated rings. The van der Waals surface area contributed by atoms with E-state index in [1.165, 1.54) is 38.5 Å². The zero-order valence-corrected chi connectivity index (χ0v) is 13.3. The molecule has 4 aliphatic rings. The predicted octanol–water partition coefficient (Wildman–Crippen LogP) is 4.54. The van der Waals surface area contributed by atoms with Gasteiger partial charge in [0.1, 0.15) is 0 Å². The second-order valence-electron chi connectivity index (χ2n) is 9.08. The van der Waals surface area contributed by atoms with E-state index in [1.807, 2.05) is 0 Å². The van der Waals surface area contributed by atoms with Crippen LogP contribution in [-0.4, -0.2) is 11.2 Å². The summed E-state index contributed by atoms with van der Waals surface area (Å²) in [6, 6.07) is 0. The molecule has 0 heterocycles. The molecule has 0 aromatic heterocycles. The van der Waals surface area contributed by atoms with Crippen LogP contribution in [0.1, 0.15) is 78.1 Å². The van der Waals surface area contributed by atoms with Gasteiger partial charge in [-0.2, -0.15) is 0 Å². The van der Waals surface area contributed by atoms with Gasteiger partial charge in [0.05, 0.1) is 6.10 Å². The van der Waals surface area contributed by atoms with Crippen molar-refractivity contribution in [3.63, 3.8) is 0 Å². The van der Waals surface area contributed by atoms with Crippen LogP contribution in [0.2, 0.25) is 0 Å². The SMILES string of the molecule is C#CCCCC(O)CC12CC3CC(C)(CC(C)(C3)C1)C2. The largest absolute Gasteiger partial charge is 0.393 e. The van der Waals surface area contributed by atoms with Crippen molar-refractivity contribution in [3.05, 3.63) is 0 Å². The van der Waals surface area contributed by atoms with Crippen molar-refractivity contribution in [3.8, 4) is 12.3 Å². The number of aliphatic hydroxyl groups excluding tert-OH is 1. The van der Waals surface area contributed by atoms with Gasteiger partial charge in [-0.3, -0.25) is 0 Å². The lowest BCUT2D eigenvalue weighted by Crippen LogP contribution is -2.55. The van der Waals surface area contributed by atoms with E-state index in [0.29, 0.717) is 16.2 Å². The maximum absolute atomic E-state index is 10.4. The first-order chi connectivity index (χ1) is 9.36. The average Bonchev–Trinajstić information content (AvgIpc) is 2.22. The van der Waals surface area contributed by atoms with E-state index in [9.17, 15) is 5.11 Å². The molecule has 0 radical (unpaired) electrons. The number of hydrogen-bond donors (Lipinski definition) is 1. The van der Waals surface area contributed by atoms with Crippen LogP contribution in [0.5, 0.6) is 0 Å². The molecule has 1 heteroatoms. The summed E-state index contributed by atoms with van der Waals surface area (Å²) in [5, 5.41) is 10.4. The fourth-order valence-corrected chi connectivity index (χ4v) is 6.95. The zero-order chi connectivity index (χ0) is 14.4. The predicted molar refractivity (Wildman–Crippen MR) is 83.1 cm³/mol. The Balaban J connectivity index is 1.68. The average molecular weight is 274 g/mol. The van der Waals surface area contributed by atoms with Crippen molar-refractivity contribution in [1.29, 1.82) is 0 Å². The smallest absolute Gasteiger partial charge is 0.0545 e. The summed E-state index contributed by atoms with van der Waals surface area (Å²) in [7, 11) is 0. The van der Waals surface area contributed by atoms with Gasteiger partial charge in [-0.25, -0.2) is 0 Å². The van der Waals surface area contributed by atoms with Crippen LogP contribution in [0.15, 0.2) is 0 Å². The highest BCUT2D eigenvalue weighted by Crippen LogP contribution is 2.70. The minimum atomic E-state index is -0.133. The molecule has 0 aromatic rings. The number of rotatable bonds is 5. The van der Waals surface area contributed by atoms with Crippen LogP contribution in [-0.2, 0) is 0 Å². The summed E-state index contributed by atoms with van der Waals surface area (Å²) in [6.45, 7) is 5.02. The van der Waals surface area contributed by atoms with Gasteiger partial charge >= 0.3 is 0 Å². The highest BCUT2D eigenvalue weighted by molar-refractivity contribution is 5.10. The molecule has 3 atom stereocenters. The summed E-state index contributed by atoms with van der Waals surface area (Å²) in [5.74, 6) is 3.61. The van der Waals surface area contributed by atoms with Gasteiger partial charge in [0.25, 0.3) is 0 Å². The third-order valence-electron chi connectivity index (χ3n) is 6.27. The summed E-state index contributed by atoms with van der Waals surface area (Å²) in [4.78, 5) is 0. The van der Waals surface area contributed by atoms with Crippen LogP contribution in [0, 0.1) is 34.5 Å². The van der Waals surface area contributed by atoms with Gasteiger partial charge in [0, 0.05) is 6.42 Å². The Kier molecular flexibility index (Phi) is 3.45. The van der Waals surface area contributed by atoms with Crippen molar-refractivity contribution in [2.45, 2.75) is 84.2 Å². The molecule has 0 spiro atoms. The maximum Gasteiger partial charge on any atom is 0.0545 e. The van der Waals surface area contributed by atoms with Gasteiger partial charge in [0.2, 0.25) is 0 Å². The first kappa shape index (κ1) is 14.5. The molecule has 4 saturated carbocycles. The summed E-state index contributed by atoms with van der Waals surface area (Å²) in [6.07, 6.45) is 17.3. The molecule has 1 nitrogen and oxygen atoms in total. The molecule has 1 N–H and O–H groups in total. The second-order valence-corrected chi connectivity index (χ2v) is 9.08. The van der Waals surface area contributed by atoms with E-state index in [0.717, 1.165) is 31.6 Å². The van der Waals surface area contributed by atoms with E-state index in [4.69, 9.17) is 6.42 Å². The molecular weight excluding hydrogens is 244 g/mol. The first-order valence-corrected chi connectivity index (χ1v) is 8.48. The Hall–Kier alpha value is -0.480.